The van der Waals surface area contributed by atoms with Gasteiger partial charge in [0.1, 0.15) is 0 Å². The van der Waals surface area contributed by atoms with Crippen molar-refractivity contribution in [1.82, 2.24) is 0 Å². The number of thioether (sulfide) groups is 1. The minimum Gasteiger partial charge on any atom is -0.549 e. The van der Waals surface area contributed by atoms with E-state index in [-0.39, 0.29) is 119 Å². The maximum Gasteiger partial charge on any atom is 1.00 e. The summed E-state index contributed by atoms with van der Waals surface area (Å²) < 4.78 is 0.0552. The molecule has 0 rings (SSSR count). The van der Waals surface area contributed by atoms with Crippen LogP contribution >= 0.6 is 24.0 Å². The largest absolute Gasteiger partial charge is 1.00 e. The van der Waals surface area contributed by atoms with Gasteiger partial charge in [0, 0.05) is 11.7 Å². The van der Waals surface area contributed by atoms with E-state index < -0.39 is 17.2 Å². The SMILES string of the molecule is O=C(O)CCC(SC(=S)[S-])C(=O)[O-].[K+].[K+]. The molecule has 1 unspecified atom stereocenters. The summed E-state index contributed by atoms with van der Waals surface area (Å²) >= 11 is 9.79. The number of rotatable bonds is 5. The number of carbonyl (C=O) groups excluding carboxylic acids is 1. The van der Waals surface area contributed by atoms with Crippen LogP contribution in [0.1, 0.15) is 12.8 Å². The van der Waals surface area contributed by atoms with E-state index >= 15 is 0 Å². The van der Waals surface area contributed by atoms with Crippen LogP contribution in [-0.4, -0.2) is 25.8 Å². The van der Waals surface area contributed by atoms with Gasteiger partial charge in [0.15, 0.2) is 0 Å². The van der Waals surface area contributed by atoms with Gasteiger partial charge in [-0.3, -0.25) is 4.79 Å². The molecule has 0 heterocycles. The number of hydrogen-bond acceptors (Lipinski definition) is 6. The second-order valence-corrected chi connectivity index (χ2v) is 4.91. The Balaban J connectivity index is -0.000000720. The minimum absolute atomic E-state index is 0. The Hall–Kier alpha value is 2.87. The van der Waals surface area contributed by atoms with E-state index in [1.807, 2.05) is 0 Å². The van der Waals surface area contributed by atoms with Gasteiger partial charge in [-0.25, -0.2) is 0 Å². The molecule has 0 spiro atoms. The van der Waals surface area contributed by atoms with Gasteiger partial charge in [-0.05, 0) is 6.42 Å². The van der Waals surface area contributed by atoms with Crippen LogP contribution in [0.15, 0.2) is 0 Å². The van der Waals surface area contributed by atoms with E-state index in [1.54, 1.807) is 0 Å². The zero-order valence-electron chi connectivity index (χ0n) is 8.39. The van der Waals surface area contributed by atoms with Crippen molar-refractivity contribution in [2.24, 2.45) is 0 Å². The van der Waals surface area contributed by atoms with Gasteiger partial charge in [0.25, 0.3) is 0 Å². The van der Waals surface area contributed by atoms with Gasteiger partial charge in [-0.2, -0.15) is 0 Å². The smallest absolute Gasteiger partial charge is 0.549 e. The standard InChI is InChI=1S/C6H8O4S3.2K/c7-4(8)2-1-3(5(9)10)13-6(11)12;;/h3H,1-2H2,(H,7,8)(H,9,10)(H,11,12);;/q;2*+1/p-2. The van der Waals surface area contributed by atoms with E-state index in [2.05, 4.69) is 24.8 Å². The van der Waals surface area contributed by atoms with Crippen molar-refractivity contribution < 1.29 is 123 Å². The molecule has 0 aromatic heterocycles. The Bertz CT molecular complexity index is 236. The van der Waals surface area contributed by atoms with E-state index in [0.717, 1.165) is 11.8 Å². The predicted molar refractivity (Wildman–Crippen MR) is 53.2 cm³/mol. The van der Waals surface area contributed by atoms with Crippen molar-refractivity contribution in [3.05, 3.63) is 0 Å². The molecule has 0 aliphatic carbocycles. The second kappa shape index (κ2) is 13.3. The van der Waals surface area contributed by atoms with E-state index in [4.69, 9.17) is 5.11 Å². The molecule has 0 aromatic carbocycles. The average Bonchev–Trinajstić information content (AvgIpc) is 1.96. The second-order valence-electron chi connectivity index (χ2n) is 2.11. The molecule has 15 heavy (non-hydrogen) atoms. The summed E-state index contributed by atoms with van der Waals surface area (Å²) in [5.41, 5.74) is 0. The molecule has 0 amide bonds. The summed E-state index contributed by atoms with van der Waals surface area (Å²) in [4.78, 5) is 20.5. The van der Waals surface area contributed by atoms with E-state index in [1.165, 1.54) is 0 Å². The van der Waals surface area contributed by atoms with Gasteiger partial charge in [0.05, 0.1) is 5.97 Å². The summed E-state index contributed by atoms with van der Waals surface area (Å²) in [7, 11) is 0. The number of carboxylic acids is 2. The molecule has 0 aliphatic heterocycles. The Morgan fingerprint density at radius 1 is 1.47 bits per heavy atom. The average molecular weight is 317 g/mol. The third kappa shape index (κ3) is 14.8. The van der Waals surface area contributed by atoms with Crippen molar-refractivity contribution in [2.45, 2.75) is 18.1 Å². The molecular formula is C6H6K2O4S3. The van der Waals surface area contributed by atoms with E-state index in [9.17, 15) is 14.7 Å². The van der Waals surface area contributed by atoms with Gasteiger partial charge < -0.3 is 39.9 Å². The molecule has 0 fully saturated rings. The number of aliphatic carboxylic acids is 2. The van der Waals surface area contributed by atoms with Crippen molar-refractivity contribution in [1.29, 1.82) is 0 Å². The Morgan fingerprint density at radius 2 is 1.93 bits per heavy atom. The molecule has 74 valence electrons. The molecule has 0 bridgehead atoms. The van der Waals surface area contributed by atoms with Crippen LogP contribution in [-0.2, 0) is 22.2 Å². The summed E-state index contributed by atoms with van der Waals surface area (Å²) in [6.07, 6.45) is -0.261. The molecule has 9 heteroatoms. The maximum absolute atomic E-state index is 10.4. The first kappa shape index (κ1) is 23.0. The Labute approximate surface area is 188 Å². The van der Waals surface area contributed by atoms with Crippen LogP contribution in [0.3, 0.4) is 0 Å². The first-order chi connectivity index (χ1) is 5.93. The fourth-order valence-corrected chi connectivity index (χ4v) is 1.86. The molecule has 0 aliphatic rings. The molecule has 1 N–H and O–H groups in total. The first-order valence-electron chi connectivity index (χ1n) is 3.23. The summed E-state index contributed by atoms with van der Waals surface area (Å²) in [6, 6.07) is 0. The van der Waals surface area contributed by atoms with Crippen LogP contribution in [0.2, 0.25) is 0 Å². The number of carbonyl (C=O) groups is 2. The quantitative estimate of drug-likeness (QED) is 0.307. The summed E-state index contributed by atoms with van der Waals surface area (Å²) in [6.45, 7) is 0. The zero-order chi connectivity index (χ0) is 10.4. The molecule has 0 saturated carbocycles. The molecule has 1 atom stereocenters. The maximum atomic E-state index is 10.4. The first-order valence-corrected chi connectivity index (χ1v) is 4.93. The minimum atomic E-state index is -1.33. The van der Waals surface area contributed by atoms with Gasteiger partial charge in [-0.1, -0.05) is 3.53 Å². The topological polar surface area (TPSA) is 77.4 Å². The predicted octanol–water partition coefficient (Wildman–Crippen LogP) is -6.46. The Kier molecular flexibility index (Phi) is 20.4. The number of thiocarbonyl (C=S) groups is 1. The number of carboxylic acid groups (broad SMARTS) is 2. The number of hydrogen-bond donors (Lipinski definition) is 1. The third-order valence-electron chi connectivity index (χ3n) is 1.12. The fraction of sp³-hybridized carbons (Fsp3) is 0.500. The Morgan fingerprint density at radius 3 is 2.20 bits per heavy atom. The molecular weight excluding hydrogens is 310 g/mol. The van der Waals surface area contributed by atoms with E-state index in [0.29, 0.717) is 0 Å². The summed E-state index contributed by atoms with van der Waals surface area (Å²) in [5, 5.41) is 17.8. The molecule has 0 saturated heterocycles. The van der Waals surface area contributed by atoms with Crippen molar-refractivity contribution >= 4 is 52.1 Å². The van der Waals surface area contributed by atoms with Crippen LogP contribution in [0.5, 0.6) is 0 Å². The van der Waals surface area contributed by atoms with Crippen LogP contribution in [0, 0.1) is 0 Å². The van der Waals surface area contributed by atoms with Gasteiger partial charge in [0.2, 0.25) is 0 Å². The van der Waals surface area contributed by atoms with Gasteiger partial charge >= 0.3 is 109 Å². The molecule has 4 nitrogen and oxygen atoms in total. The van der Waals surface area contributed by atoms with Gasteiger partial charge in [-0.15, -0.1) is 11.8 Å². The zero-order valence-corrected chi connectivity index (χ0v) is 17.1. The van der Waals surface area contributed by atoms with Crippen molar-refractivity contribution in [3.63, 3.8) is 0 Å². The van der Waals surface area contributed by atoms with Crippen LogP contribution in [0.4, 0.5) is 0 Å². The monoisotopic (exact) mass is 316 g/mol. The van der Waals surface area contributed by atoms with Crippen molar-refractivity contribution in [3.8, 4) is 0 Å². The molecule has 0 aromatic rings. The van der Waals surface area contributed by atoms with Crippen LogP contribution < -0.4 is 108 Å². The van der Waals surface area contributed by atoms with Crippen molar-refractivity contribution in [2.75, 3.05) is 0 Å². The third-order valence-corrected chi connectivity index (χ3v) is 2.60. The normalized spacial score (nSPS) is 10.4. The van der Waals surface area contributed by atoms with Crippen LogP contribution in [0.25, 0.3) is 0 Å². The summed E-state index contributed by atoms with van der Waals surface area (Å²) in [5.74, 6) is -2.39. The molecule has 0 radical (unpaired) electrons. The fourth-order valence-electron chi connectivity index (χ4n) is 0.596.